The van der Waals surface area contributed by atoms with Crippen molar-refractivity contribution in [1.82, 2.24) is 4.98 Å². The van der Waals surface area contributed by atoms with Crippen LogP contribution in [0, 0.1) is 0 Å². The highest BCUT2D eigenvalue weighted by Crippen LogP contribution is 2.36. The average molecular weight is 272 g/mol. The van der Waals surface area contributed by atoms with Crippen molar-refractivity contribution in [2.45, 2.75) is 6.92 Å². The SMILES string of the molecule is COc1ccc(OC)c(N(C(C)=O)c2cccnc2)c1. The van der Waals surface area contributed by atoms with E-state index in [0.717, 1.165) is 0 Å². The Morgan fingerprint density at radius 1 is 1.20 bits per heavy atom. The molecule has 0 saturated carbocycles. The maximum Gasteiger partial charge on any atom is 0.228 e. The second kappa shape index (κ2) is 6.06. The molecule has 1 amide bonds. The molecule has 0 aliphatic rings. The number of carbonyl (C=O) groups excluding carboxylic acids is 1. The first-order valence-corrected chi connectivity index (χ1v) is 6.10. The van der Waals surface area contributed by atoms with Crippen LogP contribution in [0.5, 0.6) is 11.5 Å². The molecule has 1 aromatic heterocycles. The Kier molecular flexibility index (Phi) is 4.20. The Bertz CT molecular complexity index is 599. The molecule has 2 rings (SSSR count). The molecule has 0 atom stereocenters. The van der Waals surface area contributed by atoms with Crippen molar-refractivity contribution < 1.29 is 14.3 Å². The molecule has 0 unspecified atom stereocenters. The summed E-state index contributed by atoms with van der Waals surface area (Å²) >= 11 is 0. The third-order valence-electron chi connectivity index (χ3n) is 2.85. The minimum absolute atomic E-state index is 0.135. The number of rotatable bonds is 4. The molecule has 104 valence electrons. The summed E-state index contributed by atoms with van der Waals surface area (Å²) in [5, 5.41) is 0. The van der Waals surface area contributed by atoms with Crippen LogP contribution in [0.25, 0.3) is 0 Å². The molecule has 1 heterocycles. The molecule has 2 aromatic rings. The first-order valence-electron chi connectivity index (χ1n) is 6.10. The van der Waals surface area contributed by atoms with E-state index in [9.17, 15) is 4.79 Å². The number of benzene rings is 1. The van der Waals surface area contributed by atoms with Crippen molar-refractivity contribution in [2.24, 2.45) is 0 Å². The van der Waals surface area contributed by atoms with Gasteiger partial charge in [-0.05, 0) is 24.3 Å². The molecule has 0 aliphatic heterocycles. The summed E-state index contributed by atoms with van der Waals surface area (Å²) in [5.74, 6) is 1.10. The van der Waals surface area contributed by atoms with Crippen molar-refractivity contribution in [2.75, 3.05) is 19.1 Å². The van der Waals surface area contributed by atoms with Crippen molar-refractivity contribution in [3.05, 3.63) is 42.7 Å². The first-order chi connectivity index (χ1) is 9.67. The van der Waals surface area contributed by atoms with Crippen LogP contribution in [0.2, 0.25) is 0 Å². The zero-order valence-corrected chi connectivity index (χ0v) is 11.7. The fourth-order valence-electron chi connectivity index (χ4n) is 1.95. The number of aromatic nitrogens is 1. The summed E-state index contributed by atoms with van der Waals surface area (Å²) in [6.45, 7) is 1.49. The highest BCUT2D eigenvalue weighted by atomic mass is 16.5. The first kappa shape index (κ1) is 13.9. The Labute approximate surface area is 117 Å². The van der Waals surface area contributed by atoms with Gasteiger partial charge in [0.15, 0.2) is 0 Å². The largest absolute Gasteiger partial charge is 0.497 e. The number of methoxy groups -OCH3 is 2. The summed E-state index contributed by atoms with van der Waals surface area (Å²) < 4.78 is 10.5. The number of nitrogens with zero attached hydrogens (tertiary/aromatic N) is 2. The molecule has 0 radical (unpaired) electrons. The van der Waals surface area contributed by atoms with Gasteiger partial charge in [-0.3, -0.25) is 14.7 Å². The van der Waals surface area contributed by atoms with Crippen molar-refractivity contribution in [1.29, 1.82) is 0 Å². The number of amides is 1. The summed E-state index contributed by atoms with van der Waals surface area (Å²) in [6, 6.07) is 8.89. The predicted molar refractivity (Wildman–Crippen MR) is 76.6 cm³/mol. The fraction of sp³-hybridized carbons (Fsp3) is 0.200. The zero-order valence-electron chi connectivity index (χ0n) is 11.7. The highest BCUT2D eigenvalue weighted by Gasteiger charge is 2.19. The van der Waals surface area contributed by atoms with E-state index in [-0.39, 0.29) is 5.91 Å². The lowest BCUT2D eigenvalue weighted by atomic mass is 10.2. The Hall–Kier alpha value is -2.56. The summed E-state index contributed by atoms with van der Waals surface area (Å²) in [7, 11) is 3.14. The molecule has 0 fully saturated rings. The third-order valence-corrected chi connectivity index (χ3v) is 2.85. The molecule has 0 bridgehead atoms. The number of carbonyl (C=O) groups is 1. The number of hydrogen-bond donors (Lipinski definition) is 0. The van der Waals surface area contributed by atoms with Crippen molar-refractivity contribution in [3.8, 4) is 11.5 Å². The van der Waals surface area contributed by atoms with Gasteiger partial charge in [-0.1, -0.05) is 0 Å². The van der Waals surface area contributed by atoms with E-state index in [4.69, 9.17) is 9.47 Å². The number of hydrogen-bond acceptors (Lipinski definition) is 4. The number of pyridine rings is 1. The minimum Gasteiger partial charge on any atom is -0.497 e. The van der Waals surface area contributed by atoms with E-state index in [0.29, 0.717) is 22.9 Å². The second-order valence-corrected chi connectivity index (χ2v) is 4.10. The number of anilines is 2. The molecule has 5 heteroatoms. The van der Waals surface area contributed by atoms with Crippen LogP contribution in [0.4, 0.5) is 11.4 Å². The molecule has 0 N–H and O–H groups in total. The van der Waals surface area contributed by atoms with Crippen molar-refractivity contribution >= 4 is 17.3 Å². The van der Waals surface area contributed by atoms with Gasteiger partial charge in [0.2, 0.25) is 5.91 Å². The topological polar surface area (TPSA) is 51.7 Å². The van der Waals surface area contributed by atoms with Crippen molar-refractivity contribution in [3.63, 3.8) is 0 Å². The molecule has 20 heavy (non-hydrogen) atoms. The molecular formula is C15H16N2O3. The molecule has 0 saturated heterocycles. The maximum absolute atomic E-state index is 12.0. The van der Waals surface area contributed by atoms with Gasteiger partial charge < -0.3 is 9.47 Å². The molecule has 1 aromatic carbocycles. The molecule has 5 nitrogen and oxygen atoms in total. The molecule has 0 spiro atoms. The van der Waals surface area contributed by atoms with Gasteiger partial charge in [-0.25, -0.2) is 0 Å². The van der Waals surface area contributed by atoms with Crippen LogP contribution in [0.1, 0.15) is 6.92 Å². The summed E-state index contributed by atoms with van der Waals surface area (Å²) in [6.07, 6.45) is 3.28. The summed E-state index contributed by atoms with van der Waals surface area (Å²) in [5.41, 5.74) is 1.29. The van der Waals surface area contributed by atoms with E-state index < -0.39 is 0 Å². The van der Waals surface area contributed by atoms with Gasteiger partial charge in [0, 0.05) is 19.2 Å². The van der Waals surface area contributed by atoms with Crippen LogP contribution in [-0.2, 0) is 4.79 Å². The van der Waals surface area contributed by atoms with Gasteiger partial charge >= 0.3 is 0 Å². The predicted octanol–water partition coefficient (Wildman–Crippen LogP) is 2.78. The van der Waals surface area contributed by atoms with E-state index >= 15 is 0 Å². The minimum atomic E-state index is -0.135. The summed E-state index contributed by atoms with van der Waals surface area (Å²) in [4.78, 5) is 17.6. The van der Waals surface area contributed by atoms with E-state index in [1.807, 2.05) is 6.07 Å². The lowest BCUT2D eigenvalue weighted by Gasteiger charge is -2.23. The van der Waals surface area contributed by atoms with E-state index in [2.05, 4.69) is 4.98 Å². The lowest BCUT2D eigenvalue weighted by Crippen LogP contribution is -2.23. The van der Waals surface area contributed by atoms with E-state index in [1.165, 1.54) is 11.8 Å². The van der Waals surface area contributed by atoms with E-state index in [1.54, 1.807) is 50.9 Å². The monoisotopic (exact) mass is 272 g/mol. The maximum atomic E-state index is 12.0. The fourth-order valence-corrected chi connectivity index (χ4v) is 1.95. The van der Waals surface area contributed by atoms with Crippen LogP contribution < -0.4 is 14.4 Å². The smallest absolute Gasteiger partial charge is 0.228 e. The zero-order chi connectivity index (χ0) is 14.5. The lowest BCUT2D eigenvalue weighted by molar-refractivity contribution is -0.115. The Morgan fingerprint density at radius 2 is 2.00 bits per heavy atom. The van der Waals surface area contributed by atoms with Gasteiger partial charge in [-0.2, -0.15) is 0 Å². The Balaban J connectivity index is 2.57. The molecule has 0 aliphatic carbocycles. The van der Waals surface area contributed by atoms with Gasteiger partial charge in [-0.15, -0.1) is 0 Å². The number of ether oxygens (including phenoxy) is 2. The average Bonchev–Trinajstić information content (AvgIpc) is 2.48. The van der Waals surface area contributed by atoms with Crippen LogP contribution in [0.3, 0.4) is 0 Å². The highest BCUT2D eigenvalue weighted by molar-refractivity contribution is 6.00. The van der Waals surface area contributed by atoms with Crippen LogP contribution in [0.15, 0.2) is 42.7 Å². The van der Waals surface area contributed by atoms with Crippen LogP contribution in [-0.4, -0.2) is 25.1 Å². The quantitative estimate of drug-likeness (QED) is 0.858. The third kappa shape index (κ3) is 2.71. The Morgan fingerprint density at radius 3 is 2.55 bits per heavy atom. The normalized spacial score (nSPS) is 9.95. The van der Waals surface area contributed by atoms with Gasteiger partial charge in [0.25, 0.3) is 0 Å². The van der Waals surface area contributed by atoms with Gasteiger partial charge in [0.05, 0.1) is 31.8 Å². The van der Waals surface area contributed by atoms with Gasteiger partial charge in [0.1, 0.15) is 11.5 Å². The molecular weight excluding hydrogens is 256 g/mol. The standard InChI is InChI=1S/C15H16N2O3/c1-11(18)17(12-5-4-8-16-10-12)14-9-13(19-2)6-7-15(14)20-3/h4-10H,1-3H3. The van der Waals surface area contributed by atoms with Crippen LogP contribution >= 0.6 is 0 Å². The second-order valence-electron chi connectivity index (χ2n) is 4.10.